The molecule has 0 saturated carbocycles. The highest BCUT2D eigenvalue weighted by molar-refractivity contribution is 9.10. The van der Waals surface area contributed by atoms with Crippen molar-refractivity contribution in [3.05, 3.63) is 39.5 Å². The zero-order valence-corrected chi connectivity index (χ0v) is 13.6. The Hall–Kier alpha value is -1.62. The minimum atomic E-state index is -0.407. The molecule has 4 nitrogen and oxygen atoms in total. The van der Waals surface area contributed by atoms with Crippen LogP contribution in [0, 0.1) is 0 Å². The van der Waals surface area contributed by atoms with Crippen LogP contribution in [0.15, 0.2) is 27.2 Å². The molecule has 0 unspecified atom stereocenters. The number of aromatic nitrogens is 1. The van der Waals surface area contributed by atoms with E-state index in [0.717, 1.165) is 28.4 Å². The number of rotatable bonds is 3. The molecule has 1 aromatic heterocycles. The molecule has 1 atom stereocenters. The second kappa shape index (κ2) is 5.64. The summed E-state index contributed by atoms with van der Waals surface area (Å²) in [5, 5.41) is 3.95. The third kappa shape index (κ3) is 2.39. The molecule has 0 aliphatic heterocycles. The van der Waals surface area contributed by atoms with Crippen LogP contribution >= 0.6 is 15.9 Å². The van der Waals surface area contributed by atoms with E-state index in [1.165, 1.54) is 5.56 Å². The van der Waals surface area contributed by atoms with Crippen LogP contribution in [-0.2, 0) is 11.2 Å². The lowest BCUT2D eigenvalue weighted by Gasteiger charge is -2.23. The summed E-state index contributed by atoms with van der Waals surface area (Å²) in [5.41, 5.74) is 3.45. The minimum Gasteiger partial charge on any atom is -0.461 e. The molecule has 0 bridgehead atoms. The monoisotopic (exact) mass is 349 g/mol. The van der Waals surface area contributed by atoms with Crippen LogP contribution in [0.5, 0.6) is 0 Å². The Kier molecular flexibility index (Phi) is 3.85. The summed E-state index contributed by atoms with van der Waals surface area (Å²) in [6.45, 7) is 4.27. The molecular formula is C16H16BrNO3. The molecule has 0 fully saturated rings. The van der Waals surface area contributed by atoms with Crippen molar-refractivity contribution >= 4 is 21.9 Å². The highest BCUT2D eigenvalue weighted by Crippen LogP contribution is 2.43. The van der Waals surface area contributed by atoms with Crippen molar-refractivity contribution in [1.82, 2.24) is 5.16 Å². The van der Waals surface area contributed by atoms with E-state index in [4.69, 9.17) is 9.26 Å². The summed E-state index contributed by atoms with van der Waals surface area (Å²) in [6.07, 6.45) is 1.76. The standard InChI is InChI=1S/C16H16BrNO3/c1-3-9-7-13-14(16(19)20-4-2)18-21-15(13)12-8-10(17)5-6-11(9)12/h5-6,8-9H,3-4,7H2,1-2H3/t9-/m1/s1. The molecular weight excluding hydrogens is 334 g/mol. The molecule has 0 saturated heterocycles. The van der Waals surface area contributed by atoms with E-state index < -0.39 is 5.97 Å². The number of nitrogens with zero attached hydrogens (tertiary/aromatic N) is 1. The highest BCUT2D eigenvalue weighted by Gasteiger charge is 2.32. The molecule has 3 rings (SSSR count). The van der Waals surface area contributed by atoms with E-state index in [1.807, 2.05) is 12.1 Å². The van der Waals surface area contributed by atoms with Gasteiger partial charge in [0, 0.05) is 15.6 Å². The minimum absolute atomic E-state index is 0.316. The number of carbonyl (C=O) groups excluding carboxylic acids is 1. The molecule has 2 aromatic rings. The Morgan fingerprint density at radius 1 is 1.48 bits per heavy atom. The second-order valence-electron chi connectivity index (χ2n) is 5.10. The van der Waals surface area contributed by atoms with Gasteiger partial charge in [-0.25, -0.2) is 4.79 Å². The fourth-order valence-electron chi connectivity index (χ4n) is 2.87. The zero-order valence-electron chi connectivity index (χ0n) is 12.0. The molecule has 1 aromatic carbocycles. The van der Waals surface area contributed by atoms with Crippen molar-refractivity contribution < 1.29 is 14.1 Å². The van der Waals surface area contributed by atoms with Gasteiger partial charge in [-0.05, 0) is 43.4 Å². The van der Waals surface area contributed by atoms with Crippen LogP contribution in [-0.4, -0.2) is 17.7 Å². The topological polar surface area (TPSA) is 52.3 Å². The molecule has 1 heterocycles. The first-order valence-electron chi connectivity index (χ1n) is 7.11. The van der Waals surface area contributed by atoms with Crippen LogP contribution < -0.4 is 0 Å². The number of ether oxygens (including phenoxy) is 1. The van der Waals surface area contributed by atoms with E-state index in [-0.39, 0.29) is 0 Å². The molecule has 0 N–H and O–H groups in total. The molecule has 1 aliphatic rings. The predicted molar refractivity (Wildman–Crippen MR) is 82.3 cm³/mol. The SMILES string of the molecule is CCOC(=O)c1noc2c1C[C@@H](CC)c1ccc(Br)cc1-2. The first-order valence-corrected chi connectivity index (χ1v) is 7.90. The second-order valence-corrected chi connectivity index (χ2v) is 6.02. The van der Waals surface area contributed by atoms with Crippen LogP contribution in [0.2, 0.25) is 0 Å². The predicted octanol–water partition coefficient (Wildman–Crippen LogP) is 4.33. The van der Waals surface area contributed by atoms with E-state index in [0.29, 0.717) is 24.0 Å². The number of esters is 1. The molecule has 21 heavy (non-hydrogen) atoms. The molecule has 5 heteroatoms. The van der Waals surface area contributed by atoms with Crippen LogP contribution in [0.4, 0.5) is 0 Å². The number of carbonyl (C=O) groups is 1. The molecule has 0 amide bonds. The lowest BCUT2D eigenvalue weighted by molar-refractivity contribution is 0.0513. The summed E-state index contributed by atoms with van der Waals surface area (Å²) < 4.78 is 11.5. The van der Waals surface area contributed by atoms with Crippen molar-refractivity contribution in [2.45, 2.75) is 32.6 Å². The van der Waals surface area contributed by atoms with Crippen molar-refractivity contribution in [2.24, 2.45) is 0 Å². The lowest BCUT2D eigenvalue weighted by Crippen LogP contribution is -2.14. The van der Waals surface area contributed by atoms with Crippen molar-refractivity contribution in [2.75, 3.05) is 6.61 Å². The first-order chi connectivity index (χ1) is 10.2. The van der Waals surface area contributed by atoms with E-state index in [2.05, 4.69) is 34.1 Å². The maximum atomic E-state index is 12.0. The van der Waals surface area contributed by atoms with E-state index in [1.54, 1.807) is 6.92 Å². The quantitative estimate of drug-likeness (QED) is 0.773. The fourth-order valence-corrected chi connectivity index (χ4v) is 3.23. The summed E-state index contributed by atoms with van der Waals surface area (Å²) in [7, 11) is 0. The fraction of sp³-hybridized carbons (Fsp3) is 0.375. The van der Waals surface area contributed by atoms with Crippen LogP contribution in [0.25, 0.3) is 11.3 Å². The normalized spacial score (nSPS) is 16.2. The van der Waals surface area contributed by atoms with Gasteiger partial charge in [0.2, 0.25) is 0 Å². The van der Waals surface area contributed by atoms with Gasteiger partial charge in [0.05, 0.1) is 6.61 Å². The Labute approximate surface area is 131 Å². The Morgan fingerprint density at radius 2 is 2.29 bits per heavy atom. The number of benzene rings is 1. The third-order valence-corrected chi connectivity index (χ3v) is 4.39. The Bertz CT molecular complexity index is 693. The number of hydrogen-bond donors (Lipinski definition) is 0. The average molecular weight is 350 g/mol. The van der Waals surface area contributed by atoms with Gasteiger partial charge in [-0.1, -0.05) is 34.1 Å². The lowest BCUT2D eigenvalue weighted by atomic mass is 9.80. The summed E-state index contributed by atoms with van der Waals surface area (Å²) in [5.74, 6) is 0.656. The van der Waals surface area contributed by atoms with E-state index >= 15 is 0 Å². The third-order valence-electron chi connectivity index (χ3n) is 3.90. The average Bonchev–Trinajstić information content (AvgIpc) is 2.90. The zero-order chi connectivity index (χ0) is 15.0. The van der Waals surface area contributed by atoms with Gasteiger partial charge < -0.3 is 9.26 Å². The molecule has 0 spiro atoms. The van der Waals surface area contributed by atoms with Crippen LogP contribution in [0.3, 0.4) is 0 Å². The van der Waals surface area contributed by atoms with E-state index in [9.17, 15) is 4.79 Å². The summed E-state index contributed by atoms with van der Waals surface area (Å²) >= 11 is 3.49. The number of fused-ring (bicyclic) bond motifs is 3. The molecule has 0 radical (unpaired) electrons. The van der Waals surface area contributed by atoms with Gasteiger partial charge in [-0.3, -0.25) is 0 Å². The maximum absolute atomic E-state index is 12.0. The van der Waals surface area contributed by atoms with Gasteiger partial charge in [0.15, 0.2) is 11.5 Å². The first kappa shape index (κ1) is 14.3. The Morgan fingerprint density at radius 3 is 3.00 bits per heavy atom. The van der Waals surface area contributed by atoms with Gasteiger partial charge >= 0.3 is 5.97 Å². The summed E-state index contributed by atoms with van der Waals surface area (Å²) in [6, 6.07) is 6.17. The molecule has 110 valence electrons. The van der Waals surface area contributed by atoms with Crippen molar-refractivity contribution in [1.29, 1.82) is 0 Å². The maximum Gasteiger partial charge on any atom is 0.360 e. The van der Waals surface area contributed by atoms with Crippen molar-refractivity contribution in [3.63, 3.8) is 0 Å². The summed E-state index contributed by atoms with van der Waals surface area (Å²) in [4.78, 5) is 12.0. The molecule has 1 aliphatic carbocycles. The van der Waals surface area contributed by atoms with Gasteiger partial charge in [-0.15, -0.1) is 0 Å². The van der Waals surface area contributed by atoms with Crippen molar-refractivity contribution in [3.8, 4) is 11.3 Å². The van der Waals surface area contributed by atoms with Crippen LogP contribution in [0.1, 0.15) is 47.8 Å². The number of hydrogen-bond acceptors (Lipinski definition) is 4. The highest BCUT2D eigenvalue weighted by atomic mass is 79.9. The number of halogens is 1. The Balaban J connectivity index is 2.13. The van der Waals surface area contributed by atoms with Gasteiger partial charge in [0.25, 0.3) is 0 Å². The van der Waals surface area contributed by atoms with Gasteiger partial charge in [-0.2, -0.15) is 0 Å². The largest absolute Gasteiger partial charge is 0.461 e. The smallest absolute Gasteiger partial charge is 0.360 e. The van der Waals surface area contributed by atoms with Gasteiger partial charge in [0.1, 0.15) is 0 Å².